The molecule has 0 radical (unpaired) electrons. The van der Waals surface area contributed by atoms with Crippen molar-refractivity contribution >= 4 is 12.1 Å². The summed E-state index contributed by atoms with van der Waals surface area (Å²) in [6.07, 6.45) is 5.23. The number of hydrogen-bond acceptors (Lipinski definition) is 4. The molecule has 0 unspecified atom stereocenters. The number of benzene rings is 1. The molecule has 0 bridgehead atoms. The largest absolute Gasteiger partial charge is 0.395 e. The van der Waals surface area contributed by atoms with Crippen LogP contribution < -0.4 is 5.32 Å². The van der Waals surface area contributed by atoms with Crippen LogP contribution in [0.15, 0.2) is 42.6 Å². The summed E-state index contributed by atoms with van der Waals surface area (Å²) in [7, 11) is 0. The van der Waals surface area contributed by atoms with Crippen molar-refractivity contribution in [3.8, 4) is 11.1 Å². The van der Waals surface area contributed by atoms with E-state index >= 15 is 0 Å². The number of aldehydes is 1. The maximum atomic E-state index is 10.3. The van der Waals surface area contributed by atoms with E-state index in [1.807, 2.05) is 18.3 Å². The van der Waals surface area contributed by atoms with Crippen molar-refractivity contribution in [3.63, 3.8) is 0 Å². The standard InChI is InChI=1S/C17H20N2O2/c20-11-2-1-3-14-4-6-15(7-5-14)16-8-9-17(19-13-16)18-10-12-21/h4-9,11,13,21H,1-3,10,12H2,(H,18,19). The molecule has 0 atom stereocenters. The Bertz CT molecular complexity index is 550. The van der Waals surface area contributed by atoms with Crippen LogP contribution in [0.2, 0.25) is 0 Å². The van der Waals surface area contributed by atoms with Crippen LogP contribution in [-0.2, 0) is 11.2 Å². The number of pyridine rings is 1. The topological polar surface area (TPSA) is 62.2 Å². The van der Waals surface area contributed by atoms with E-state index in [-0.39, 0.29) is 6.61 Å². The summed E-state index contributed by atoms with van der Waals surface area (Å²) in [5.41, 5.74) is 3.43. The minimum absolute atomic E-state index is 0.0923. The molecule has 0 aliphatic heterocycles. The summed E-state index contributed by atoms with van der Waals surface area (Å²) < 4.78 is 0. The number of nitrogens with one attached hydrogen (secondary N) is 1. The summed E-state index contributed by atoms with van der Waals surface area (Å²) in [6.45, 7) is 0.594. The lowest BCUT2D eigenvalue weighted by Crippen LogP contribution is -2.06. The smallest absolute Gasteiger partial charge is 0.125 e. The van der Waals surface area contributed by atoms with Gasteiger partial charge in [-0.15, -0.1) is 0 Å². The molecule has 1 aromatic heterocycles. The number of rotatable bonds is 8. The van der Waals surface area contributed by atoms with Crippen LogP contribution in [0, 0.1) is 0 Å². The van der Waals surface area contributed by atoms with Gasteiger partial charge >= 0.3 is 0 Å². The molecule has 21 heavy (non-hydrogen) atoms. The van der Waals surface area contributed by atoms with Crippen LogP contribution >= 0.6 is 0 Å². The molecule has 0 amide bonds. The molecule has 110 valence electrons. The van der Waals surface area contributed by atoms with E-state index in [0.717, 1.165) is 36.1 Å². The molecule has 4 heteroatoms. The van der Waals surface area contributed by atoms with E-state index < -0.39 is 0 Å². The van der Waals surface area contributed by atoms with Gasteiger partial charge in [-0.2, -0.15) is 0 Å². The van der Waals surface area contributed by atoms with Gasteiger partial charge in [0.2, 0.25) is 0 Å². The van der Waals surface area contributed by atoms with Gasteiger partial charge in [0.25, 0.3) is 0 Å². The van der Waals surface area contributed by atoms with Gasteiger partial charge in [0.15, 0.2) is 0 Å². The fourth-order valence-corrected chi connectivity index (χ4v) is 2.11. The Kier molecular flexibility index (Phi) is 5.91. The average molecular weight is 284 g/mol. The zero-order valence-electron chi connectivity index (χ0n) is 12.0. The maximum absolute atomic E-state index is 10.3. The second-order valence-corrected chi connectivity index (χ2v) is 4.84. The van der Waals surface area contributed by atoms with E-state index in [4.69, 9.17) is 5.11 Å². The number of aryl methyl sites for hydroxylation is 1. The predicted molar refractivity (Wildman–Crippen MR) is 84.3 cm³/mol. The van der Waals surface area contributed by atoms with Gasteiger partial charge in [0.1, 0.15) is 12.1 Å². The van der Waals surface area contributed by atoms with Crippen LogP contribution in [0.1, 0.15) is 18.4 Å². The van der Waals surface area contributed by atoms with Gasteiger partial charge in [-0.3, -0.25) is 0 Å². The molecule has 0 saturated heterocycles. The molecule has 0 aliphatic rings. The van der Waals surface area contributed by atoms with Gasteiger partial charge in [-0.1, -0.05) is 24.3 Å². The zero-order chi connectivity index (χ0) is 14.9. The normalized spacial score (nSPS) is 10.3. The summed E-state index contributed by atoms with van der Waals surface area (Å²) in [5.74, 6) is 0.762. The fourth-order valence-electron chi connectivity index (χ4n) is 2.11. The Hall–Kier alpha value is -2.20. The van der Waals surface area contributed by atoms with Crippen molar-refractivity contribution in [1.29, 1.82) is 0 Å². The SMILES string of the molecule is O=CCCCc1ccc(-c2ccc(NCCO)nc2)cc1. The van der Waals surface area contributed by atoms with Crippen molar-refractivity contribution < 1.29 is 9.90 Å². The van der Waals surface area contributed by atoms with Gasteiger partial charge in [0, 0.05) is 24.7 Å². The highest BCUT2D eigenvalue weighted by atomic mass is 16.3. The minimum Gasteiger partial charge on any atom is -0.395 e. The van der Waals surface area contributed by atoms with Gasteiger partial charge < -0.3 is 15.2 Å². The Balaban J connectivity index is 1.99. The monoisotopic (exact) mass is 284 g/mol. The van der Waals surface area contributed by atoms with Crippen LogP contribution in [0.3, 0.4) is 0 Å². The molecule has 1 heterocycles. The fraction of sp³-hybridized carbons (Fsp3) is 0.294. The first kappa shape index (κ1) is 15.2. The Morgan fingerprint density at radius 1 is 1.10 bits per heavy atom. The zero-order valence-corrected chi connectivity index (χ0v) is 12.0. The molecule has 0 aliphatic carbocycles. The molecular formula is C17H20N2O2. The molecule has 2 rings (SSSR count). The van der Waals surface area contributed by atoms with Crippen molar-refractivity contribution in [3.05, 3.63) is 48.2 Å². The quantitative estimate of drug-likeness (QED) is 0.578. The molecule has 2 aromatic rings. The van der Waals surface area contributed by atoms with Crippen LogP contribution in [0.25, 0.3) is 11.1 Å². The minimum atomic E-state index is 0.0923. The Labute approximate surface area is 124 Å². The summed E-state index contributed by atoms with van der Waals surface area (Å²) in [6, 6.07) is 12.3. The van der Waals surface area contributed by atoms with Crippen molar-refractivity contribution in [2.45, 2.75) is 19.3 Å². The van der Waals surface area contributed by atoms with Gasteiger partial charge in [0.05, 0.1) is 6.61 Å². The van der Waals surface area contributed by atoms with Crippen molar-refractivity contribution in [2.24, 2.45) is 0 Å². The number of nitrogens with zero attached hydrogens (tertiary/aromatic N) is 1. The van der Waals surface area contributed by atoms with E-state index in [1.165, 1.54) is 5.56 Å². The lowest BCUT2D eigenvalue weighted by Gasteiger charge is -2.06. The first-order valence-corrected chi connectivity index (χ1v) is 7.17. The highest BCUT2D eigenvalue weighted by Crippen LogP contribution is 2.20. The number of hydrogen-bond donors (Lipinski definition) is 2. The number of carbonyl (C=O) groups excluding carboxylic acids is 1. The molecule has 4 nitrogen and oxygen atoms in total. The number of carbonyl (C=O) groups is 1. The molecular weight excluding hydrogens is 264 g/mol. The van der Waals surface area contributed by atoms with Crippen molar-refractivity contribution in [1.82, 2.24) is 4.98 Å². The highest BCUT2D eigenvalue weighted by molar-refractivity contribution is 5.64. The van der Waals surface area contributed by atoms with Crippen LogP contribution in [0.5, 0.6) is 0 Å². The van der Waals surface area contributed by atoms with Gasteiger partial charge in [-0.05, 0) is 36.1 Å². The van der Waals surface area contributed by atoms with E-state index in [2.05, 4.69) is 34.6 Å². The highest BCUT2D eigenvalue weighted by Gasteiger charge is 2.00. The summed E-state index contributed by atoms with van der Waals surface area (Å²) >= 11 is 0. The number of anilines is 1. The second-order valence-electron chi connectivity index (χ2n) is 4.84. The maximum Gasteiger partial charge on any atom is 0.125 e. The number of aromatic nitrogens is 1. The number of aliphatic hydroxyl groups is 1. The molecule has 2 N–H and O–H groups in total. The lowest BCUT2D eigenvalue weighted by molar-refractivity contribution is -0.107. The number of aliphatic hydroxyl groups excluding tert-OH is 1. The van der Waals surface area contributed by atoms with E-state index in [9.17, 15) is 4.79 Å². The lowest BCUT2D eigenvalue weighted by atomic mass is 10.0. The van der Waals surface area contributed by atoms with Gasteiger partial charge in [-0.25, -0.2) is 4.98 Å². The Morgan fingerprint density at radius 3 is 2.48 bits per heavy atom. The summed E-state index contributed by atoms with van der Waals surface area (Å²) in [4.78, 5) is 14.6. The van der Waals surface area contributed by atoms with Crippen LogP contribution in [0.4, 0.5) is 5.82 Å². The summed E-state index contributed by atoms with van der Waals surface area (Å²) in [5, 5.41) is 11.8. The molecule has 0 fully saturated rings. The molecule has 0 saturated carbocycles. The number of unbranched alkanes of at least 4 members (excludes halogenated alkanes) is 1. The third kappa shape index (κ3) is 4.68. The van der Waals surface area contributed by atoms with Crippen molar-refractivity contribution in [2.75, 3.05) is 18.5 Å². The average Bonchev–Trinajstić information content (AvgIpc) is 2.54. The third-order valence-electron chi connectivity index (χ3n) is 3.26. The molecule has 0 spiro atoms. The Morgan fingerprint density at radius 2 is 1.86 bits per heavy atom. The molecule has 1 aromatic carbocycles. The first-order chi connectivity index (χ1) is 10.3. The van der Waals surface area contributed by atoms with E-state index in [0.29, 0.717) is 13.0 Å². The van der Waals surface area contributed by atoms with Crippen LogP contribution in [-0.4, -0.2) is 29.5 Å². The predicted octanol–water partition coefficient (Wildman–Crippen LogP) is 2.67. The second kappa shape index (κ2) is 8.17. The third-order valence-corrected chi connectivity index (χ3v) is 3.26. The first-order valence-electron chi connectivity index (χ1n) is 7.17. The van der Waals surface area contributed by atoms with E-state index in [1.54, 1.807) is 0 Å².